The molecular formula is C11H21N. The van der Waals surface area contributed by atoms with Crippen LogP contribution in [0.5, 0.6) is 0 Å². The molecule has 1 N–H and O–H groups in total. The first-order chi connectivity index (χ1) is 5.79. The lowest BCUT2D eigenvalue weighted by molar-refractivity contribution is 0.376. The molecule has 70 valence electrons. The summed E-state index contributed by atoms with van der Waals surface area (Å²) in [5, 5.41) is 3.19. The molecule has 0 rings (SSSR count). The van der Waals surface area contributed by atoms with E-state index in [0.717, 1.165) is 0 Å². The van der Waals surface area contributed by atoms with Crippen LogP contribution in [0.1, 0.15) is 39.5 Å². The summed E-state index contributed by atoms with van der Waals surface area (Å²) in [6.07, 6.45) is 10.4. The van der Waals surface area contributed by atoms with Crippen LogP contribution in [0.2, 0.25) is 0 Å². The summed E-state index contributed by atoms with van der Waals surface area (Å²) in [6.45, 7) is 4.43. The molecule has 0 aliphatic rings. The highest BCUT2D eigenvalue weighted by molar-refractivity contribution is 5.01. The fourth-order valence-electron chi connectivity index (χ4n) is 1.67. The second-order valence-corrected chi connectivity index (χ2v) is 3.27. The van der Waals surface area contributed by atoms with Crippen LogP contribution in [-0.2, 0) is 0 Å². The minimum absolute atomic E-state index is 0.268. The molecule has 0 aliphatic carbocycles. The maximum absolute atomic E-state index is 5.43. The van der Waals surface area contributed by atoms with Gasteiger partial charge in [-0.2, -0.15) is 0 Å². The molecule has 12 heavy (non-hydrogen) atoms. The molecular weight excluding hydrogens is 146 g/mol. The number of hydrogen-bond donors (Lipinski definition) is 1. The Kier molecular flexibility index (Phi) is 6.90. The Balaban J connectivity index is 3.97. The predicted octanol–water partition coefficient (Wildman–Crippen LogP) is 2.42. The average molecular weight is 167 g/mol. The summed E-state index contributed by atoms with van der Waals surface area (Å²) in [5.41, 5.74) is 0. The molecule has 0 saturated heterocycles. The molecule has 0 amide bonds. The van der Waals surface area contributed by atoms with Gasteiger partial charge in [0, 0.05) is 0 Å². The SMILES string of the molecule is C#CC(NC)C(CCC)CCC. The molecule has 1 heteroatoms. The van der Waals surface area contributed by atoms with Gasteiger partial charge in [0.25, 0.3) is 0 Å². The Morgan fingerprint density at radius 1 is 1.25 bits per heavy atom. The summed E-state index contributed by atoms with van der Waals surface area (Å²) in [4.78, 5) is 0. The first-order valence-electron chi connectivity index (χ1n) is 4.93. The van der Waals surface area contributed by atoms with Crippen molar-refractivity contribution in [3.63, 3.8) is 0 Å². The van der Waals surface area contributed by atoms with Crippen molar-refractivity contribution in [2.45, 2.75) is 45.6 Å². The van der Waals surface area contributed by atoms with Crippen molar-refractivity contribution in [2.75, 3.05) is 7.05 Å². The highest BCUT2D eigenvalue weighted by atomic mass is 14.9. The highest BCUT2D eigenvalue weighted by Crippen LogP contribution is 2.17. The van der Waals surface area contributed by atoms with Gasteiger partial charge >= 0.3 is 0 Å². The van der Waals surface area contributed by atoms with Gasteiger partial charge in [0.2, 0.25) is 0 Å². The van der Waals surface area contributed by atoms with Gasteiger partial charge in [0.05, 0.1) is 6.04 Å². The van der Waals surface area contributed by atoms with E-state index in [0.29, 0.717) is 5.92 Å². The number of rotatable bonds is 6. The van der Waals surface area contributed by atoms with Gasteiger partial charge in [0.15, 0.2) is 0 Å². The van der Waals surface area contributed by atoms with Crippen LogP contribution < -0.4 is 5.32 Å². The largest absolute Gasteiger partial charge is 0.307 e. The van der Waals surface area contributed by atoms with Gasteiger partial charge in [-0.15, -0.1) is 6.42 Å². The molecule has 0 saturated carbocycles. The van der Waals surface area contributed by atoms with Crippen molar-refractivity contribution in [3.05, 3.63) is 0 Å². The zero-order chi connectivity index (χ0) is 9.40. The van der Waals surface area contributed by atoms with Crippen LogP contribution >= 0.6 is 0 Å². The van der Waals surface area contributed by atoms with E-state index >= 15 is 0 Å². The van der Waals surface area contributed by atoms with Gasteiger partial charge in [-0.1, -0.05) is 32.6 Å². The van der Waals surface area contributed by atoms with Crippen LogP contribution in [0.3, 0.4) is 0 Å². The van der Waals surface area contributed by atoms with Crippen LogP contribution in [0.15, 0.2) is 0 Å². The summed E-state index contributed by atoms with van der Waals surface area (Å²) < 4.78 is 0. The lowest BCUT2D eigenvalue weighted by Crippen LogP contribution is -2.31. The third-order valence-corrected chi connectivity index (χ3v) is 2.28. The molecule has 0 fully saturated rings. The van der Waals surface area contributed by atoms with E-state index in [1.54, 1.807) is 0 Å². The molecule has 0 aliphatic heterocycles. The second kappa shape index (κ2) is 7.18. The number of terminal acetylenes is 1. The molecule has 0 aromatic heterocycles. The predicted molar refractivity (Wildman–Crippen MR) is 55.0 cm³/mol. The van der Waals surface area contributed by atoms with Crippen molar-refractivity contribution in [2.24, 2.45) is 5.92 Å². The maximum Gasteiger partial charge on any atom is 0.0713 e. The minimum atomic E-state index is 0.268. The summed E-state index contributed by atoms with van der Waals surface area (Å²) in [6, 6.07) is 0.268. The Morgan fingerprint density at radius 3 is 2.00 bits per heavy atom. The normalized spacial score (nSPS) is 12.9. The van der Waals surface area contributed by atoms with Gasteiger partial charge < -0.3 is 5.32 Å². The van der Waals surface area contributed by atoms with Crippen molar-refractivity contribution in [1.82, 2.24) is 5.32 Å². The molecule has 0 aromatic carbocycles. The maximum atomic E-state index is 5.43. The fourth-order valence-corrected chi connectivity index (χ4v) is 1.67. The van der Waals surface area contributed by atoms with E-state index in [9.17, 15) is 0 Å². The van der Waals surface area contributed by atoms with E-state index in [1.807, 2.05) is 7.05 Å². The molecule has 0 aromatic rings. The van der Waals surface area contributed by atoms with E-state index in [4.69, 9.17) is 6.42 Å². The summed E-state index contributed by atoms with van der Waals surface area (Å²) in [7, 11) is 1.95. The van der Waals surface area contributed by atoms with Crippen LogP contribution in [0, 0.1) is 18.3 Å². The van der Waals surface area contributed by atoms with Crippen molar-refractivity contribution in [3.8, 4) is 12.3 Å². The summed E-state index contributed by atoms with van der Waals surface area (Å²) in [5.74, 6) is 3.47. The quantitative estimate of drug-likeness (QED) is 0.599. The fraction of sp³-hybridized carbons (Fsp3) is 0.818. The van der Waals surface area contributed by atoms with E-state index in [1.165, 1.54) is 25.7 Å². The zero-order valence-electron chi connectivity index (χ0n) is 8.56. The molecule has 0 radical (unpaired) electrons. The van der Waals surface area contributed by atoms with Crippen LogP contribution in [-0.4, -0.2) is 13.1 Å². The number of nitrogens with one attached hydrogen (secondary N) is 1. The molecule has 1 nitrogen and oxygen atoms in total. The molecule has 1 atom stereocenters. The van der Waals surface area contributed by atoms with Crippen molar-refractivity contribution in [1.29, 1.82) is 0 Å². The molecule has 0 heterocycles. The Morgan fingerprint density at radius 2 is 1.75 bits per heavy atom. The van der Waals surface area contributed by atoms with Crippen molar-refractivity contribution < 1.29 is 0 Å². The lowest BCUT2D eigenvalue weighted by atomic mass is 9.91. The van der Waals surface area contributed by atoms with E-state index in [2.05, 4.69) is 25.1 Å². The first kappa shape index (κ1) is 11.5. The van der Waals surface area contributed by atoms with E-state index in [-0.39, 0.29) is 6.04 Å². The van der Waals surface area contributed by atoms with Gasteiger partial charge in [-0.3, -0.25) is 0 Å². The zero-order valence-corrected chi connectivity index (χ0v) is 8.56. The minimum Gasteiger partial charge on any atom is -0.307 e. The first-order valence-corrected chi connectivity index (χ1v) is 4.93. The molecule has 0 spiro atoms. The standard InChI is InChI=1S/C11H21N/c1-5-8-10(9-6-2)11(7-3)12-4/h3,10-12H,5-6,8-9H2,1-2,4H3. The topological polar surface area (TPSA) is 12.0 Å². The van der Waals surface area contributed by atoms with E-state index < -0.39 is 0 Å². The Hall–Kier alpha value is -0.480. The van der Waals surface area contributed by atoms with Gasteiger partial charge in [0.1, 0.15) is 0 Å². The Bertz CT molecular complexity index is 128. The molecule has 0 bridgehead atoms. The van der Waals surface area contributed by atoms with Gasteiger partial charge in [-0.05, 0) is 25.8 Å². The third kappa shape index (κ3) is 3.78. The smallest absolute Gasteiger partial charge is 0.0713 e. The third-order valence-electron chi connectivity index (χ3n) is 2.28. The summed E-state index contributed by atoms with van der Waals surface area (Å²) >= 11 is 0. The highest BCUT2D eigenvalue weighted by Gasteiger charge is 2.15. The lowest BCUT2D eigenvalue weighted by Gasteiger charge is -2.21. The molecule has 1 unspecified atom stereocenters. The van der Waals surface area contributed by atoms with Gasteiger partial charge in [-0.25, -0.2) is 0 Å². The van der Waals surface area contributed by atoms with Crippen LogP contribution in [0.25, 0.3) is 0 Å². The van der Waals surface area contributed by atoms with Crippen LogP contribution in [0.4, 0.5) is 0 Å². The monoisotopic (exact) mass is 167 g/mol. The number of hydrogen-bond acceptors (Lipinski definition) is 1. The second-order valence-electron chi connectivity index (χ2n) is 3.27. The average Bonchev–Trinajstić information content (AvgIpc) is 2.07. The van der Waals surface area contributed by atoms with Crippen molar-refractivity contribution >= 4 is 0 Å². The Labute approximate surface area is 76.9 Å².